The van der Waals surface area contributed by atoms with Crippen LogP contribution in [0, 0.1) is 5.92 Å². The third kappa shape index (κ3) is 7.38. The highest BCUT2D eigenvalue weighted by atomic mass is 16.5. The van der Waals surface area contributed by atoms with E-state index in [-0.39, 0.29) is 24.8 Å². The molecule has 0 aromatic rings. The molecule has 2 amide bonds. The van der Waals surface area contributed by atoms with Gasteiger partial charge in [0.05, 0.1) is 6.10 Å². The van der Waals surface area contributed by atoms with E-state index in [0.717, 1.165) is 32.1 Å². The summed E-state index contributed by atoms with van der Waals surface area (Å²) in [6.07, 6.45) is 5.02. The van der Waals surface area contributed by atoms with Crippen molar-refractivity contribution < 1.29 is 14.6 Å². The van der Waals surface area contributed by atoms with E-state index in [4.69, 9.17) is 9.84 Å². The van der Waals surface area contributed by atoms with Crippen LogP contribution in [0.15, 0.2) is 0 Å². The van der Waals surface area contributed by atoms with E-state index in [1.807, 2.05) is 13.8 Å². The Kier molecular flexibility index (Phi) is 7.82. The molecule has 0 saturated heterocycles. The van der Waals surface area contributed by atoms with Gasteiger partial charge in [0.2, 0.25) is 0 Å². The van der Waals surface area contributed by atoms with Crippen LogP contribution in [0.4, 0.5) is 4.79 Å². The summed E-state index contributed by atoms with van der Waals surface area (Å²) in [5, 5.41) is 14.9. The average Bonchev–Trinajstić information content (AvgIpc) is 2.39. The van der Waals surface area contributed by atoms with Crippen LogP contribution in [-0.4, -0.2) is 43.0 Å². The number of aliphatic hydroxyl groups is 1. The molecule has 3 N–H and O–H groups in total. The Bertz CT molecular complexity index is 251. The lowest BCUT2D eigenvalue weighted by atomic mass is 9.87. The molecular weight excluding hydrogens is 244 g/mol. The first-order valence-corrected chi connectivity index (χ1v) is 7.38. The molecule has 0 aromatic heterocycles. The third-order valence-electron chi connectivity index (χ3n) is 3.50. The summed E-state index contributed by atoms with van der Waals surface area (Å²) in [6, 6.07) is 0.173. The van der Waals surface area contributed by atoms with Gasteiger partial charge in [-0.25, -0.2) is 4.79 Å². The van der Waals surface area contributed by atoms with Gasteiger partial charge in [0.1, 0.15) is 0 Å². The molecule has 19 heavy (non-hydrogen) atoms. The predicted octanol–water partition coefficient (Wildman–Crippen LogP) is 1.65. The van der Waals surface area contributed by atoms with Crippen molar-refractivity contribution >= 4 is 6.03 Å². The fourth-order valence-corrected chi connectivity index (χ4v) is 2.32. The van der Waals surface area contributed by atoms with Gasteiger partial charge < -0.3 is 20.5 Å². The molecule has 0 bridgehead atoms. The van der Waals surface area contributed by atoms with E-state index in [9.17, 15) is 4.79 Å². The second-order valence-electron chi connectivity index (χ2n) is 5.57. The van der Waals surface area contributed by atoms with Crippen molar-refractivity contribution in [1.82, 2.24) is 10.6 Å². The number of hydrogen-bond acceptors (Lipinski definition) is 3. The Hall–Kier alpha value is -0.810. The maximum atomic E-state index is 11.6. The molecule has 0 aromatic carbocycles. The van der Waals surface area contributed by atoms with Crippen LogP contribution in [0.25, 0.3) is 0 Å². The molecule has 1 saturated carbocycles. The van der Waals surface area contributed by atoms with Crippen molar-refractivity contribution in [3.63, 3.8) is 0 Å². The summed E-state index contributed by atoms with van der Waals surface area (Å²) in [7, 11) is 0. The fourth-order valence-electron chi connectivity index (χ4n) is 2.32. The normalized spacial score (nSPS) is 23.4. The first kappa shape index (κ1) is 16.2. The van der Waals surface area contributed by atoms with Gasteiger partial charge in [-0.15, -0.1) is 0 Å². The number of aliphatic hydroxyl groups excluding tert-OH is 1. The minimum atomic E-state index is -0.0861. The van der Waals surface area contributed by atoms with Crippen molar-refractivity contribution in [3.8, 4) is 0 Å². The van der Waals surface area contributed by atoms with Gasteiger partial charge >= 0.3 is 6.03 Å². The molecule has 5 heteroatoms. The van der Waals surface area contributed by atoms with Crippen molar-refractivity contribution in [2.75, 3.05) is 19.8 Å². The predicted molar refractivity (Wildman–Crippen MR) is 75.1 cm³/mol. The molecule has 0 radical (unpaired) electrons. The van der Waals surface area contributed by atoms with Crippen LogP contribution < -0.4 is 10.6 Å². The van der Waals surface area contributed by atoms with Gasteiger partial charge in [-0.05, 0) is 51.9 Å². The Balaban J connectivity index is 2.02. The number of ether oxygens (including phenoxy) is 1. The van der Waals surface area contributed by atoms with E-state index >= 15 is 0 Å². The van der Waals surface area contributed by atoms with Crippen LogP contribution >= 0.6 is 0 Å². The van der Waals surface area contributed by atoms with Gasteiger partial charge in [-0.3, -0.25) is 0 Å². The Morgan fingerprint density at radius 3 is 2.58 bits per heavy atom. The minimum absolute atomic E-state index is 0.0861. The number of carbonyl (C=O) groups is 1. The summed E-state index contributed by atoms with van der Waals surface area (Å²) in [4.78, 5) is 11.6. The topological polar surface area (TPSA) is 70.6 Å². The van der Waals surface area contributed by atoms with Crippen LogP contribution in [-0.2, 0) is 4.74 Å². The average molecular weight is 272 g/mol. The van der Waals surface area contributed by atoms with Crippen LogP contribution in [0.1, 0.15) is 46.0 Å². The van der Waals surface area contributed by atoms with Gasteiger partial charge in [0.25, 0.3) is 0 Å². The van der Waals surface area contributed by atoms with E-state index < -0.39 is 0 Å². The molecule has 5 nitrogen and oxygen atoms in total. The summed E-state index contributed by atoms with van der Waals surface area (Å²) in [6.45, 7) is 5.60. The van der Waals surface area contributed by atoms with Crippen molar-refractivity contribution in [1.29, 1.82) is 0 Å². The van der Waals surface area contributed by atoms with Crippen molar-refractivity contribution in [2.45, 2.75) is 58.1 Å². The van der Waals surface area contributed by atoms with Crippen LogP contribution in [0.3, 0.4) is 0 Å². The zero-order valence-electron chi connectivity index (χ0n) is 12.2. The lowest BCUT2D eigenvalue weighted by molar-refractivity contribution is 0.0774. The second-order valence-corrected chi connectivity index (χ2v) is 5.57. The lowest BCUT2D eigenvalue weighted by Gasteiger charge is -2.27. The number of hydrogen-bond donors (Lipinski definition) is 3. The van der Waals surface area contributed by atoms with Crippen LogP contribution in [0.2, 0.25) is 0 Å². The smallest absolute Gasteiger partial charge is 0.315 e. The molecule has 112 valence electrons. The van der Waals surface area contributed by atoms with E-state index in [2.05, 4.69) is 10.6 Å². The zero-order valence-corrected chi connectivity index (χ0v) is 12.2. The number of rotatable bonds is 7. The molecule has 0 atom stereocenters. The van der Waals surface area contributed by atoms with Gasteiger partial charge in [-0.2, -0.15) is 0 Å². The standard InChI is InChI=1S/C14H28N2O3/c1-11(2)19-9-3-8-15-14(18)16-13-6-4-12(10-17)5-7-13/h11-13,17H,3-10H2,1-2H3,(H2,15,16,18). The van der Waals surface area contributed by atoms with E-state index in [0.29, 0.717) is 19.1 Å². The molecule has 0 heterocycles. The molecule has 0 unspecified atom stereocenters. The van der Waals surface area contributed by atoms with Gasteiger partial charge in [0.15, 0.2) is 0 Å². The van der Waals surface area contributed by atoms with Gasteiger partial charge in [-0.1, -0.05) is 0 Å². The van der Waals surface area contributed by atoms with E-state index in [1.54, 1.807) is 0 Å². The Labute approximate surface area is 116 Å². The van der Waals surface area contributed by atoms with Crippen molar-refractivity contribution in [2.24, 2.45) is 5.92 Å². The number of amides is 2. The van der Waals surface area contributed by atoms with Gasteiger partial charge in [0, 0.05) is 25.8 Å². The lowest BCUT2D eigenvalue weighted by Crippen LogP contribution is -2.44. The number of urea groups is 1. The summed E-state index contributed by atoms with van der Waals surface area (Å²) >= 11 is 0. The van der Waals surface area contributed by atoms with Crippen molar-refractivity contribution in [3.05, 3.63) is 0 Å². The Morgan fingerprint density at radius 1 is 1.32 bits per heavy atom. The molecule has 1 aliphatic rings. The van der Waals surface area contributed by atoms with Crippen LogP contribution in [0.5, 0.6) is 0 Å². The second kappa shape index (κ2) is 9.15. The van der Waals surface area contributed by atoms with E-state index in [1.165, 1.54) is 0 Å². The molecule has 1 rings (SSSR count). The molecular formula is C14H28N2O3. The highest BCUT2D eigenvalue weighted by Crippen LogP contribution is 2.23. The maximum Gasteiger partial charge on any atom is 0.315 e. The largest absolute Gasteiger partial charge is 0.396 e. The molecule has 1 aliphatic carbocycles. The first-order valence-electron chi connectivity index (χ1n) is 7.38. The quantitative estimate of drug-likeness (QED) is 0.617. The molecule has 1 fully saturated rings. The zero-order chi connectivity index (χ0) is 14.1. The highest BCUT2D eigenvalue weighted by Gasteiger charge is 2.21. The minimum Gasteiger partial charge on any atom is -0.396 e. The number of carbonyl (C=O) groups excluding carboxylic acids is 1. The Morgan fingerprint density at radius 2 is 2.00 bits per heavy atom. The monoisotopic (exact) mass is 272 g/mol. The molecule has 0 aliphatic heterocycles. The molecule has 0 spiro atoms. The summed E-state index contributed by atoms with van der Waals surface area (Å²) in [5.74, 6) is 0.425. The summed E-state index contributed by atoms with van der Waals surface area (Å²) in [5.41, 5.74) is 0. The SMILES string of the molecule is CC(C)OCCCNC(=O)NC1CCC(CO)CC1. The first-order chi connectivity index (χ1) is 9.11. The number of nitrogens with one attached hydrogen (secondary N) is 2. The maximum absolute atomic E-state index is 11.6. The fraction of sp³-hybridized carbons (Fsp3) is 0.929. The third-order valence-corrected chi connectivity index (χ3v) is 3.50. The highest BCUT2D eigenvalue weighted by molar-refractivity contribution is 5.74. The summed E-state index contributed by atoms with van der Waals surface area (Å²) < 4.78 is 5.40.